The van der Waals surface area contributed by atoms with Crippen LogP contribution in [0, 0.1) is 0 Å². The van der Waals surface area contributed by atoms with Gasteiger partial charge in [0.15, 0.2) is 0 Å². The van der Waals surface area contributed by atoms with Crippen molar-refractivity contribution in [3.63, 3.8) is 0 Å². The van der Waals surface area contributed by atoms with Crippen molar-refractivity contribution < 1.29 is 9.13 Å². The largest absolute Gasteiger partial charge is 0.460 e. The summed E-state index contributed by atoms with van der Waals surface area (Å²) >= 11 is 0. The zero-order valence-corrected chi connectivity index (χ0v) is 9.90. The molecule has 0 bridgehead atoms. The molecule has 1 aromatic heterocycles. The van der Waals surface area contributed by atoms with Gasteiger partial charge in [0.05, 0.1) is 0 Å². The van der Waals surface area contributed by atoms with Crippen LogP contribution in [-0.4, -0.2) is 22.2 Å². The molecule has 3 nitrogen and oxygen atoms in total. The number of hydrogen-bond acceptors (Lipinski definition) is 3. The van der Waals surface area contributed by atoms with Gasteiger partial charge in [-0.05, 0) is 11.0 Å². The van der Waals surface area contributed by atoms with E-state index in [1.54, 1.807) is 12.4 Å². The fourth-order valence-electron chi connectivity index (χ4n) is 1.51. The molecule has 0 unspecified atom stereocenters. The van der Waals surface area contributed by atoms with Gasteiger partial charge in [0.25, 0.3) is 0 Å². The topological polar surface area (TPSA) is 35.0 Å². The van der Waals surface area contributed by atoms with Crippen molar-refractivity contribution in [1.82, 2.24) is 9.97 Å². The molecule has 0 atom stereocenters. The van der Waals surface area contributed by atoms with Crippen molar-refractivity contribution in [2.75, 3.05) is 0 Å². The molecule has 0 radical (unpaired) electrons. The average Bonchev–Trinajstić information content (AvgIpc) is 2.15. The zero-order valence-electron chi connectivity index (χ0n) is 9.90. The molecule has 0 aromatic carbocycles. The minimum Gasteiger partial charge on any atom is -0.460 e. The number of hydrogen-bond donors (Lipinski definition) is 0. The Hall–Kier alpha value is -1.19. The highest BCUT2D eigenvalue weighted by Gasteiger charge is 2.31. The van der Waals surface area contributed by atoms with E-state index in [2.05, 4.69) is 30.7 Å². The summed E-state index contributed by atoms with van der Waals surface area (Å²) in [5.41, 5.74) is 1.11. The number of ether oxygens (including phenoxy) is 1. The van der Waals surface area contributed by atoms with Crippen molar-refractivity contribution in [1.29, 1.82) is 0 Å². The maximum atomic E-state index is 12.6. The molecule has 0 amide bonds. The summed E-state index contributed by atoms with van der Waals surface area (Å²) in [6.45, 7) is 6.31. The third-order valence-electron chi connectivity index (χ3n) is 2.80. The number of alkyl halides is 1. The van der Waals surface area contributed by atoms with E-state index in [0.29, 0.717) is 18.9 Å². The summed E-state index contributed by atoms with van der Waals surface area (Å²) in [6, 6.07) is 0.352. The second-order valence-corrected chi connectivity index (χ2v) is 5.31. The van der Waals surface area contributed by atoms with Gasteiger partial charge in [-0.2, -0.15) is 0 Å². The maximum absolute atomic E-state index is 12.6. The molecule has 1 heterocycles. The molecule has 1 saturated carbocycles. The minimum absolute atomic E-state index is 0.0407. The zero-order chi connectivity index (χ0) is 11.8. The van der Waals surface area contributed by atoms with Crippen LogP contribution in [0.4, 0.5) is 4.39 Å². The molecule has 1 fully saturated rings. The van der Waals surface area contributed by atoms with Crippen LogP contribution in [0.3, 0.4) is 0 Å². The highest BCUT2D eigenvalue weighted by molar-refractivity contribution is 5.16. The van der Waals surface area contributed by atoms with Crippen molar-refractivity contribution >= 4 is 0 Å². The fourth-order valence-corrected chi connectivity index (χ4v) is 1.51. The lowest BCUT2D eigenvalue weighted by Crippen LogP contribution is -2.35. The Morgan fingerprint density at radius 1 is 1.25 bits per heavy atom. The molecule has 0 N–H and O–H groups in total. The van der Waals surface area contributed by atoms with E-state index < -0.39 is 6.17 Å². The van der Waals surface area contributed by atoms with Gasteiger partial charge < -0.3 is 4.74 Å². The van der Waals surface area contributed by atoms with Crippen molar-refractivity contribution in [3.8, 4) is 6.01 Å². The lowest BCUT2D eigenvalue weighted by molar-refractivity contribution is 0.0342. The summed E-state index contributed by atoms with van der Waals surface area (Å²) in [5.74, 6) is 0. The number of nitrogens with zero attached hydrogens (tertiary/aromatic N) is 2. The van der Waals surface area contributed by atoms with E-state index in [1.165, 1.54) is 0 Å². The Morgan fingerprint density at radius 3 is 2.25 bits per heavy atom. The van der Waals surface area contributed by atoms with Gasteiger partial charge in [-0.3, -0.25) is 0 Å². The highest BCUT2D eigenvalue weighted by Crippen LogP contribution is 2.27. The standard InChI is InChI=1S/C12H17FN2O/c1-12(2,3)8-6-14-11(15-7-8)16-10-4-9(13)5-10/h6-7,9-10H,4-5H2,1-3H3. The van der Waals surface area contributed by atoms with Crippen LogP contribution >= 0.6 is 0 Å². The Balaban J connectivity index is 1.97. The first-order valence-corrected chi connectivity index (χ1v) is 5.58. The van der Waals surface area contributed by atoms with E-state index in [9.17, 15) is 4.39 Å². The van der Waals surface area contributed by atoms with Gasteiger partial charge in [0, 0.05) is 25.2 Å². The van der Waals surface area contributed by atoms with Crippen LogP contribution in [0.25, 0.3) is 0 Å². The van der Waals surface area contributed by atoms with E-state index in [-0.39, 0.29) is 11.5 Å². The van der Waals surface area contributed by atoms with Crippen LogP contribution in [-0.2, 0) is 5.41 Å². The molecule has 0 spiro atoms. The normalized spacial score (nSPS) is 25.0. The molecule has 4 heteroatoms. The molecule has 88 valence electrons. The Labute approximate surface area is 95.1 Å². The third kappa shape index (κ3) is 2.49. The molecule has 2 rings (SSSR count). The molecule has 0 aliphatic heterocycles. The second-order valence-electron chi connectivity index (χ2n) is 5.31. The first-order chi connectivity index (χ1) is 7.45. The molecule has 1 aromatic rings. The van der Waals surface area contributed by atoms with E-state index in [4.69, 9.17) is 4.74 Å². The van der Waals surface area contributed by atoms with Crippen molar-refractivity contribution in [2.24, 2.45) is 0 Å². The molecular weight excluding hydrogens is 207 g/mol. The molecule has 1 aliphatic carbocycles. The number of rotatable bonds is 2. The molecule has 1 aliphatic rings. The van der Waals surface area contributed by atoms with Gasteiger partial charge in [-0.1, -0.05) is 20.8 Å². The van der Waals surface area contributed by atoms with Gasteiger partial charge in [-0.15, -0.1) is 0 Å². The van der Waals surface area contributed by atoms with E-state index in [0.717, 1.165) is 5.56 Å². The average molecular weight is 224 g/mol. The number of aromatic nitrogens is 2. The van der Waals surface area contributed by atoms with E-state index >= 15 is 0 Å². The van der Waals surface area contributed by atoms with Crippen LogP contribution in [0.1, 0.15) is 39.2 Å². The Morgan fingerprint density at radius 2 is 1.81 bits per heavy atom. The SMILES string of the molecule is CC(C)(C)c1cnc(OC2CC(F)C2)nc1. The highest BCUT2D eigenvalue weighted by atomic mass is 19.1. The van der Waals surface area contributed by atoms with Gasteiger partial charge in [0.1, 0.15) is 12.3 Å². The first-order valence-electron chi connectivity index (χ1n) is 5.58. The van der Waals surface area contributed by atoms with Crippen LogP contribution in [0.15, 0.2) is 12.4 Å². The quantitative estimate of drug-likeness (QED) is 0.774. The Bertz CT molecular complexity index is 352. The molecular formula is C12H17FN2O. The summed E-state index contributed by atoms with van der Waals surface area (Å²) in [5, 5.41) is 0. The summed E-state index contributed by atoms with van der Waals surface area (Å²) in [6.07, 6.45) is 3.71. The van der Waals surface area contributed by atoms with Crippen LogP contribution in [0.2, 0.25) is 0 Å². The summed E-state index contributed by atoms with van der Waals surface area (Å²) < 4.78 is 18.0. The van der Waals surface area contributed by atoms with E-state index in [1.807, 2.05) is 0 Å². The molecule has 16 heavy (non-hydrogen) atoms. The lowest BCUT2D eigenvalue weighted by atomic mass is 9.89. The monoisotopic (exact) mass is 224 g/mol. The maximum Gasteiger partial charge on any atom is 0.316 e. The van der Waals surface area contributed by atoms with Crippen LogP contribution < -0.4 is 4.74 Å². The molecule has 0 saturated heterocycles. The third-order valence-corrected chi connectivity index (χ3v) is 2.80. The van der Waals surface area contributed by atoms with Crippen LogP contribution in [0.5, 0.6) is 6.01 Å². The smallest absolute Gasteiger partial charge is 0.316 e. The predicted molar refractivity (Wildman–Crippen MR) is 59.3 cm³/mol. The van der Waals surface area contributed by atoms with Gasteiger partial charge >= 0.3 is 6.01 Å². The first kappa shape index (κ1) is 11.3. The summed E-state index contributed by atoms with van der Waals surface area (Å²) in [4.78, 5) is 8.27. The van der Waals surface area contributed by atoms with Crippen molar-refractivity contribution in [3.05, 3.63) is 18.0 Å². The second kappa shape index (κ2) is 4.00. The van der Waals surface area contributed by atoms with Crippen molar-refractivity contribution in [2.45, 2.75) is 51.3 Å². The number of halogens is 1. The lowest BCUT2D eigenvalue weighted by Gasteiger charge is -2.29. The Kier molecular flexibility index (Phi) is 2.82. The minimum atomic E-state index is -0.709. The fraction of sp³-hybridized carbons (Fsp3) is 0.667. The van der Waals surface area contributed by atoms with Gasteiger partial charge in [-0.25, -0.2) is 14.4 Å². The summed E-state index contributed by atoms with van der Waals surface area (Å²) in [7, 11) is 0. The predicted octanol–water partition coefficient (Wildman–Crippen LogP) is 2.65. The van der Waals surface area contributed by atoms with Gasteiger partial charge in [0.2, 0.25) is 0 Å².